The fourth-order valence-electron chi connectivity index (χ4n) is 3.85. The highest BCUT2D eigenvalue weighted by Gasteiger charge is 2.25. The zero-order valence-corrected chi connectivity index (χ0v) is 18.7. The van der Waals surface area contributed by atoms with Gasteiger partial charge in [0.05, 0.1) is 21.4 Å². The van der Waals surface area contributed by atoms with Gasteiger partial charge >= 0.3 is 0 Å². The van der Waals surface area contributed by atoms with Gasteiger partial charge in [-0.3, -0.25) is 9.31 Å². The van der Waals surface area contributed by atoms with Gasteiger partial charge in [-0.1, -0.05) is 48.0 Å². The molecule has 1 aromatic heterocycles. The van der Waals surface area contributed by atoms with Gasteiger partial charge in [0, 0.05) is 41.4 Å². The molecule has 5 nitrogen and oxygen atoms in total. The summed E-state index contributed by atoms with van der Waals surface area (Å²) in [4.78, 5) is 7.38. The number of nitrogens with one attached hydrogen (secondary N) is 1. The summed E-state index contributed by atoms with van der Waals surface area (Å²) >= 11 is 6.25. The van der Waals surface area contributed by atoms with Crippen LogP contribution in [0.5, 0.6) is 0 Å². The molecule has 2 heterocycles. The molecule has 0 spiro atoms. The Labute approximate surface area is 192 Å². The highest BCUT2D eigenvalue weighted by Crippen LogP contribution is 2.34. The first-order valence-electron chi connectivity index (χ1n) is 10.2. The topological polar surface area (TPSA) is 61.9 Å². The standard InChI is InChI=1S/C24H20ClFN4OS/c25-19-7-4-8-20(26)18(19)15-30-11-12-32(31)22-10-9-17(14-21(22)30)24-27-23(28-29-24)13-16-5-2-1-3-6-16/h1-10,14H,11-13,15H2,(H,27,28,29). The summed E-state index contributed by atoms with van der Waals surface area (Å²) in [6.07, 6.45) is 0.653. The van der Waals surface area contributed by atoms with Crippen molar-refractivity contribution in [2.24, 2.45) is 0 Å². The summed E-state index contributed by atoms with van der Waals surface area (Å²) in [6, 6.07) is 20.4. The smallest absolute Gasteiger partial charge is 0.181 e. The number of aromatic amines is 1. The van der Waals surface area contributed by atoms with Crippen molar-refractivity contribution >= 4 is 28.1 Å². The summed E-state index contributed by atoms with van der Waals surface area (Å²) < 4.78 is 27.0. The minimum atomic E-state index is -1.11. The van der Waals surface area contributed by atoms with Crippen LogP contribution in [0.3, 0.4) is 0 Å². The molecule has 1 N–H and O–H groups in total. The molecule has 0 bridgehead atoms. The van der Waals surface area contributed by atoms with Crippen LogP contribution in [-0.4, -0.2) is 31.7 Å². The third-order valence-corrected chi connectivity index (χ3v) is 7.25. The Balaban J connectivity index is 1.46. The minimum absolute atomic E-state index is 0.298. The van der Waals surface area contributed by atoms with Gasteiger partial charge in [0.2, 0.25) is 0 Å². The molecular weight excluding hydrogens is 447 g/mol. The third kappa shape index (κ3) is 4.18. The van der Waals surface area contributed by atoms with Crippen molar-refractivity contribution in [3.8, 4) is 11.4 Å². The number of halogens is 2. The molecule has 0 fully saturated rings. The molecule has 32 heavy (non-hydrogen) atoms. The fraction of sp³-hybridized carbons (Fsp3) is 0.167. The Morgan fingerprint density at radius 1 is 1.09 bits per heavy atom. The van der Waals surface area contributed by atoms with Crippen LogP contribution in [0.25, 0.3) is 11.4 Å². The number of fused-ring (bicyclic) bond motifs is 1. The number of H-pyrrole nitrogens is 1. The Kier molecular flexibility index (Phi) is 5.76. The number of rotatable bonds is 5. The fourth-order valence-corrected chi connectivity index (χ4v) is 5.32. The van der Waals surface area contributed by atoms with Crippen molar-refractivity contribution in [3.05, 3.63) is 94.5 Å². The normalized spacial score (nSPS) is 15.6. The summed E-state index contributed by atoms with van der Waals surface area (Å²) in [5, 5.41) is 7.77. The van der Waals surface area contributed by atoms with Gasteiger partial charge in [0.25, 0.3) is 0 Å². The van der Waals surface area contributed by atoms with Gasteiger partial charge in [-0.2, -0.15) is 5.10 Å². The van der Waals surface area contributed by atoms with E-state index in [0.717, 1.165) is 27.5 Å². The maximum Gasteiger partial charge on any atom is 0.181 e. The number of hydrogen-bond donors (Lipinski definition) is 1. The number of nitrogens with zero attached hydrogens (tertiary/aromatic N) is 3. The van der Waals surface area contributed by atoms with E-state index in [1.54, 1.807) is 12.1 Å². The first-order chi connectivity index (χ1) is 15.6. The molecule has 0 saturated heterocycles. The molecular formula is C24H20ClFN4OS. The minimum Gasteiger partial charge on any atom is -0.365 e. The molecule has 1 atom stereocenters. The van der Waals surface area contributed by atoms with Crippen LogP contribution in [-0.2, 0) is 23.8 Å². The Morgan fingerprint density at radius 2 is 1.94 bits per heavy atom. The number of anilines is 1. The predicted molar refractivity (Wildman–Crippen MR) is 125 cm³/mol. The molecule has 1 aliphatic rings. The van der Waals surface area contributed by atoms with Crippen molar-refractivity contribution < 1.29 is 8.60 Å². The molecule has 3 aromatic carbocycles. The zero-order valence-electron chi connectivity index (χ0n) is 17.1. The summed E-state index contributed by atoms with van der Waals surface area (Å²) in [5.41, 5.74) is 3.17. The van der Waals surface area contributed by atoms with E-state index >= 15 is 0 Å². The van der Waals surface area contributed by atoms with Crippen molar-refractivity contribution in [3.63, 3.8) is 0 Å². The van der Waals surface area contributed by atoms with E-state index in [9.17, 15) is 8.60 Å². The molecule has 5 rings (SSSR count). The van der Waals surface area contributed by atoms with Crippen molar-refractivity contribution in [2.45, 2.75) is 17.9 Å². The van der Waals surface area contributed by atoms with E-state index in [1.165, 1.54) is 6.07 Å². The van der Waals surface area contributed by atoms with Crippen LogP contribution >= 0.6 is 11.6 Å². The molecule has 1 unspecified atom stereocenters. The van der Waals surface area contributed by atoms with Crippen LogP contribution in [0.15, 0.2) is 71.6 Å². The lowest BCUT2D eigenvalue weighted by Gasteiger charge is -2.31. The SMILES string of the molecule is O=S1CCN(Cc2c(F)cccc2Cl)c2cc(-c3n[nH]c(Cc4ccccc4)n3)ccc21. The Morgan fingerprint density at radius 3 is 2.75 bits per heavy atom. The van der Waals surface area contributed by atoms with E-state index in [2.05, 4.69) is 15.2 Å². The Hall–Kier alpha value is -3.03. The Bertz CT molecular complexity index is 1270. The second kappa shape index (κ2) is 8.84. The van der Waals surface area contributed by atoms with Crippen molar-refractivity contribution in [2.75, 3.05) is 17.2 Å². The highest BCUT2D eigenvalue weighted by atomic mass is 35.5. The van der Waals surface area contributed by atoms with E-state index < -0.39 is 10.8 Å². The predicted octanol–water partition coefficient (Wildman–Crippen LogP) is 4.98. The van der Waals surface area contributed by atoms with Crippen LogP contribution in [0, 0.1) is 5.82 Å². The first kappa shape index (κ1) is 20.8. The molecule has 4 aromatic rings. The summed E-state index contributed by atoms with van der Waals surface area (Å²) in [6.45, 7) is 0.841. The van der Waals surface area contributed by atoms with E-state index in [-0.39, 0.29) is 5.82 Å². The maximum absolute atomic E-state index is 14.4. The molecule has 8 heteroatoms. The van der Waals surface area contributed by atoms with Crippen LogP contribution in [0.1, 0.15) is 17.0 Å². The van der Waals surface area contributed by atoms with Gasteiger partial charge in [-0.05, 0) is 35.9 Å². The lowest BCUT2D eigenvalue weighted by molar-refractivity contribution is 0.604. The third-order valence-electron chi connectivity index (χ3n) is 5.51. The highest BCUT2D eigenvalue weighted by molar-refractivity contribution is 7.85. The molecule has 0 aliphatic carbocycles. The average Bonchev–Trinajstić information content (AvgIpc) is 3.27. The molecule has 0 amide bonds. The monoisotopic (exact) mass is 466 g/mol. The number of benzene rings is 3. The number of hydrogen-bond acceptors (Lipinski definition) is 4. The van der Waals surface area contributed by atoms with E-state index in [0.29, 0.717) is 41.7 Å². The molecule has 162 valence electrons. The summed E-state index contributed by atoms with van der Waals surface area (Å²) in [5.74, 6) is 1.48. The van der Waals surface area contributed by atoms with E-state index in [1.807, 2.05) is 53.4 Å². The lowest BCUT2D eigenvalue weighted by Crippen LogP contribution is -2.33. The van der Waals surface area contributed by atoms with Crippen molar-refractivity contribution in [1.82, 2.24) is 15.2 Å². The molecule has 0 radical (unpaired) electrons. The van der Waals surface area contributed by atoms with E-state index in [4.69, 9.17) is 11.6 Å². The largest absolute Gasteiger partial charge is 0.365 e. The van der Waals surface area contributed by atoms with Crippen molar-refractivity contribution in [1.29, 1.82) is 0 Å². The van der Waals surface area contributed by atoms with Crippen LogP contribution in [0.2, 0.25) is 5.02 Å². The molecule has 1 aliphatic heterocycles. The summed E-state index contributed by atoms with van der Waals surface area (Å²) in [7, 11) is -1.11. The maximum atomic E-state index is 14.4. The zero-order chi connectivity index (χ0) is 22.1. The molecule has 0 saturated carbocycles. The van der Waals surface area contributed by atoms with Crippen LogP contribution < -0.4 is 4.90 Å². The lowest BCUT2D eigenvalue weighted by atomic mass is 10.1. The quantitative estimate of drug-likeness (QED) is 0.450. The van der Waals surface area contributed by atoms with Gasteiger partial charge in [0.15, 0.2) is 5.82 Å². The average molecular weight is 467 g/mol. The second-order valence-corrected chi connectivity index (χ2v) is 9.57. The van der Waals surface area contributed by atoms with Gasteiger partial charge < -0.3 is 4.90 Å². The van der Waals surface area contributed by atoms with Gasteiger partial charge in [-0.25, -0.2) is 9.37 Å². The first-order valence-corrected chi connectivity index (χ1v) is 11.9. The van der Waals surface area contributed by atoms with Gasteiger partial charge in [-0.15, -0.1) is 0 Å². The number of aromatic nitrogens is 3. The second-order valence-electron chi connectivity index (χ2n) is 7.62. The van der Waals surface area contributed by atoms with Crippen LogP contribution in [0.4, 0.5) is 10.1 Å². The van der Waals surface area contributed by atoms with Gasteiger partial charge in [0.1, 0.15) is 11.6 Å².